The maximum absolute atomic E-state index is 11.8. The van der Waals surface area contributed by atoms with Crippen LogP contribution in [0, 0.1) is 0 Å². The third kappa shape index (κ3) is 1.98. The Balaban J connectivity index is 2.12. The van der Waals surface area contributed by atoms with E-state index in [0.717, 1.165) is 22.6 Å². The molecule has 7 nitrogen and oxygen atoms in total. The van der Waals surface area contributed by atoms with Crippen molar-refractivity contribution in [3.63, 3.8) is 0 Å². The number of nitrogens with two attached hydrogens (primary N) is 1. The highest BCUT2D eigenvalue weighted by Crippen LogP contribution is 2.30. The number of aromatic nitrogens is 2. The summed E-state index contributed by atoms with van der Waals surface area (Å²) in [6, 6.07) is 1.71. The summed E-state index contributed by atoms with van der Waals surface area (Å²) in [4.78, 5) is 23.3. The van der Waals surface area contributed by atoms with Crippen molar-refractivity contribution in [2.75, 3.05) is 23.4 Å². The first-order valence-electron chi connectivity index (χ1n) is 5.97. The Morgan fingerprint density at radius 3 is 3.21 bits per heavy atom. The van der Waals surface area contributed by atoms with Crippen LogP contribution in [-0.4, -0.2) is 35.0 Å². The van der Waals surface area contributed by atoms with E-state index >= 15 is 0 Å². The molecule has 1 fully saturated rings. The van der Waals surface area contributed by atoms with Gasteiger partial charge in [0, 0.05) is 13.1 Å². The van der Waals surface area contributed by atoms with Crippen molar-refractivity contribution in [2.24, 2.45) is 5.84 Å². The lowest BCUT2D eigenvalue weighted by Crippen LogP contribution is -2.54. The molecule has 1 amide bonds. The summed E-state index contributed by atoms with van der Waals surface area (Å²) in [7, 11) is 0. The fourth-order valence-corrected chi connectivity index (χ4v) is 2.95. The van der Waals surface area contributed by atoms with Gasteiger partial charge in [0.15, 0.2) is 0 Å². The van der Waals surface area contributed by atoms with Gasteiger partial charge in [-0.05, 0) is 18.4 Å². The average Bonchev–Trinajstić information content (AvgIpc) is 2.89. The molecule has 4 N–H and O–H groups in total. The molecule has 1 aliphatic rings. The van der Waals surface area contributed by atoms with Gasteiger partial charge < -0.3 is 10.2 Å². The number of anilines is 2. The van der Waals surface area contributed by atoms with Crippen LogP contribution in [-0.2, 0) is 4.79 Å². The molecule has 0 saturated carbocycles. The van der Waals surface area contributed by atoms with Gasteiger partial charge in [-0.1, -0.05) is 0 Å². The largest absolute Gasteiger partial charge is 0.353 e. The Morgan fingerprint density at radius 2 is 2.42 bits per heavy atom. The maximum Gasteiger partial charge on any atom is 0.242 e. The molecule has 0 spiro atoms. The topological polar surface area (TPSA) is 96.2 Å². The molecule has 0 aromatic carbocycles. The maximum atomic E-state index is 11.8. The Bertz CT molecular complexity index is 627. The van der Waals surface area contributed by atoms with E-state index in [1.807, 2.05) is 23.3 Å². The molecule has 2 aromatic rings. The second-order valence-electron chi connectivity index (χ2n) is 4.31. The molecule has 19 heavy (non-hydrogen) atoms. The van der Waals surface area contributed by atoms with Crippen LogP contribution in [0.15, 0.2) is 11.4 Å². The van der Waals surface area contributed by atoms with Crippen LogP contribution in [0.3, 0.4) is 0 Å². The van der Waals surface area contributed by atoms with Crippen molar-refractivity contribution in [1.29, 1.82) is 0 Å². The van der Waals surface area contributed by atoms with Crippen LogP contribution in [0.4, 0.5) is 11.8 Å². The number of nitrogen functional groups attached to an aromatic ring is 1. The van der Waals surface area contributed by atoms with E-state index in [0.29, 0.717) is 12.5 Å². The molecular formula is C11H14N6OS. The molecule has 1 atom stereocenters. The number of nitrogens with zero attached hydrogens (tertiary/aromatic N) is 3. The summed E-state index contributed by atoms with van der Waals surface area (Å²) in [5.74, 6) is 6.53. The van der Waals surface area contributed by atoms with Crippen molar-refractivity contribution < 1.29 is 4.79 Å². The molecule has 1 unspecified atom stereocenters. The monoisotopic (exact) mass is 278 g/mol. The van der Waals surface area contributed by atoms with E-state index in [-0.39, 0.29) is 11.9 Å². The van der Waals surface area contributed by atoms with Crippen molar-refractivity contribution in [1.82, 2.24) is 15.3 Å². The van der Waals surface area contributed by atoms with Crippen molar-refractivity contribution in [2.45, 2.75) is 13.0 Å². The summed E-state index contributed by atoms with van der Waals surface area (Å²) in [6.45, 7) is 3.20. The van der Waals surface area contributed by atoms with Crippen molar-refractivity contribution >= 4 is 39.2 Å². The predicted octanol–water partition coefficient (Wildman–Crippen LogP) is 0.302. The Kier molecular flexibility index (Phi) is 2.96. The normalized spacial score (nSPS) is 19.6. The quantitative estimate of drug-likeness (QED) is 0.540. The van der Waals surface area contributed by atoms with Crippen LogP contribution in [0.5, 0.6) is 0 Å². The lowest BCUT2D eigenvalue weighted by molar-refractivity contribution is -0.122. The summed E-state index contributed by atoms with van der Waals surface area (Å²) in [6.07, 6.45) is 0. The van der Waals surface area contributed by atoms with Gasteiger partial charge in [0.25, 0.3) is 0 Å². The molecule has 0 radical (unpaired) electrons. The first-order valence-corrected chi connectivity index (χ1v) is 6.85. The lowest BCUT2D eigenvalue weighted by atomic mass is 10.2. The van der Waals surface area contributed by atoms with Gasteiger partial charge in [0.2, 0.25) is 11.9 Å². The number of hydrogen-bond acceptors (Lipinski definition) is 7. The Labute approximate surface area is 113 Å². The highest BCUT2D eigenvalue weighted by Gasteiger charge is 2.28. The highest BCUT2D eigenvalue weighted by atomic mass is 32.1. The van der Waals surface area contributed by atoms with E-state index < -0.39 is 0 Å². The fourth-order valence-electron chi connectivity index (χ4n) is 2.20. The van der Waals surface area contributed by atoms with Gasteiger partial charge in [-0.2, -0.15) is 4.98 Å². The number of rotatable bonds is 2. The van der Waals surface area contributed by atoms with E-state index in [4.69, 9.17) is 5.84 Å². The second-order valence-corrected chi connectivity index (χ2v) is 5.21. The summed E-state index contributed by atoms with van der Waals surface area (Å²) < 4.78 is 0. The third-order valence-corrected chi connectivity index (χ3v) is 4.01. The van der Waals surface area contributed by atoms with E-state index in [9.17, 15) is 4.79 Å². The molecule has 8 heteroatoms. The summed E-state index contributed by atoms with van der Waals surface area (Å²) in [5.41, 5.74) is 2.47. The minimum Gasteiger partial charge on any atom is -0.353 e. The zero-order valence-corrected chi connectivity index (χ0v) is 11.2. The molecule has 0 bridgehead atoms. The van der Waals surface area contributed by atoms with Gasteiger partial charge in [-0.15, -0.1) is 11.3 Å². The number of amides is 1. The van der Waals surface area contributed by atoms with Crippen molar-refractivity contribution in [3.05, 3.63) is 11.4 Å². The number of hydrazine groups is 1. The number of thiophene rings is 1. The average molecular weight is 278 g/mol. The molecule has 0 aliphatic carbocycles. The highest BCUT2D eigenvalue weighted by molar-refractivity contribution is 7.16. The predicted molar refractivity (Wildman–Crippen MR) is 75.0 cm³/mol. The van der Waals surface area contributed by atoms with E-state index in [1.54, 1.807) is 0 Å². The van der Waals surface area contributed by atoms with Crippen molar-refractivity contribution in [3.8, 4) is 0 Å². The first-order chi connectivity index (χ1) is 9.20. The second kappa shape index (κ2) is 4.63. The number of piperazine rings is 1. The standard InChI is InChI=1S/C11H14N6OS/c1-6-9(18)13-3-4-17(6)8-7-2-5-19-10(7)15-11(14-8)16-12/h2,5-6H,3-4,12H2,1H3,(H,13,18)(H,14,15,16). The number of carbonyl (C=O) groups excluding carboxylic acids is 1. The number of fused-ring (bicyclic) bond motifs is 1. The molecular weight excluding hydrogens is 264 g/mol. The van der Waals surface area contributed by atoms with Crippen LogP contribution in [0.25, 0.3) is 10.2 Å². The molecule has 3 rings (SSSR count). The molecule has 2 aromatic heterocycles. The van der Waals surface area contributed by atoms with Gasteiger partial charge >= 0.3 is 0 Å². The summed E-state index contributed by atoms with van der Waals surface area (Å²) >= 11 is 1.52. The third-order valence-electron chi connectivity index (χ3n) is 3.20. The van der Waals surface area contributed by atoms with Gasteiger partial charge in [-0.3, -0.25) is 10.2 Å². The zero-order chi connectivity index (χ0) is 13.4. The van der Waals surface area contributed by atoms with Gasteiger partial charge in [0.05, 0.1) is 5.39 Å². The van der Waals surface area contributed by atoms with Crippen LogP contribution < -0.4 is 21.5 Å². The van der Waals surface area contributed by atoms with Crippen LogP contribution >= 0.6 is 11.3 Å². The van der Waals surface area contributed by atoms with Gasteiger partial charge in [-0.25, -0.2) is 10.8 Å². The molecule has 100 valence electrons. The van der Waals surface area contributed by atoms with E-state index in [1.165, 1.54) is 11.3 Å². The van der Waals surface area contributed by atoms with Crippen LogP contribution in [0.2, 0.25) is 0 Å². The Morgan fingerprint density at radius 1 is 1.58 bits per heavy atom. The minimum atomic E-state index is -0.252. The zero-order valence-electron chi connectivity index (χ0n) is 10.4. The number of carbonyl (C=O) groups is 1. The Hall–Kier alpha value is -1.93. The first kappa shape index (κ1) is 12.1. The summed E-state index contributed by atoms with van der Waals surface area (Å²) in [5, 5.41) is 5.75. The SMILES string of the molecule is CC1C(=O)NCCN1c1nc(NN)nc2sccc12. The lowest BCUT2D eigenvalue weighted by Gasteiger charge is -2.34. The number of nitrogens with one attached hydrogen (secondary N) is 2. The smallest absolute Gasteiger partial charge is 0.242 e. The van der Waals surface area contributed by atoms with Crippen LogP contribution in [0.1, 0.15) is 6.92 Å². The molecule has 1 saturated heterocycles. The molecule has 3 heterocycles. The minimum absolute atomic E-state index is 0.00972. The van der Waals surface area contributed by atoms with Gasteiger partial charge in [0.1, 0.15) is 16.7 Å². The molecule has 1 aliphatic heterocycles. The van der Waals surface area contributed by atoms with E-state index in [2.05, 4.69) is 20.7 Å². The number of hydrogen-bond donors (Lipinski definition) is 3. The fraction of sp³-hybridized carbons (Fsp3) is 0.364.